The van der Waals surface area contributed by atoms with Crippen molar-refractivity contribution in [2.75, 3.05) is 12.3 Å². The van der Waals surface area contributed by atoms with Crippen LogP contribution in [0, 0.1) is 0 Å². The Morgan fingerprint density at radius 3 is 2.21 bits per heavy atom. The van der Waals surface area contributed by atoms with Crippen molar-refractivity contribution in [3.8, 4) is 0 Å². The van der Waals surface area contributed by atoms with E-state index in [1.807, 2.05) is 0 Å². The van der Waals surface area contributed by atoms with Crippen LogP contribution >= 0.6 is 0 Å². The molecule has 2 aromatic rings. The van der Waals surface area contributed by atoms with Crippen LogP contribution in [0.4, 0.5) is 18.0 Å². The molecule has 1 heterocycles. The second kappa shape index (κ2) is 7.18. The highest BCUT2D eigenvalue weighted by Crippen LogP contribution is 2.39. The largest absolute Gasteiger partial charge is 0.416 e. The Morgan fingerprint density at radius 1 is 1.00 bits per heavy atom. The minimum absolute atomic E-state index is 0.0252. The lowest BCUT2D eigenvalue weighted by atomic mass is 9.88. The molecule has 3 amide bonds. The second-order valence-electron chi connectivity index (χ2n) is 6.69. The van der Waals surface area contributed by atoms with E-state index in [-0.39, 0.29) is 4.90 Å². The van der Waals surface area contributed by atoms with Crippen molar-refractivity contribution in [2.45, 2.75) is 23.5 Å². The van der Waals surface area contributed by atoms with Gasteiger partial charge in [0.05, 0.1) is 16.2 Å². The molecule has 1 saturated heterocycles. The minimum Gasteiger partial charge on any atom is -0.319 e. The van der Waals surface area contributed by atoms with Crippen LogP contribution in [0.1, 0.15) is 18.1 Å². The number of sulfone groups is 1. The first-order valence-corrected chi connectivity index (χ1v) is 10.2. The Morgan fingerprint density at radius 2 is 1.59 bits per heavy atom. The predicted molar refractivity (Wildman–Crippen MR) is 97.5 cm³/mol. The van der Waals surface area contributed by atoms with Crippen molar-refractivity contribution in [1.29, 1.82) is 0 Å². The molecule has 1 fully saturated rings. The van der Waals surface area contributed by atoms with Gasteiger partial charge in [0.2, 0.25) is 0 Å². The summed E-state index contributed by atoms with van der Waals surface area (Å²) >= 11 is 0. The molecule has 1 aliphatic heterocycles. The van der Waals surface area contributed by atoms with Gasteiger partial charge < -0.3 is 5.32 Å². The Bertz CT molecular complexity index is 1050. The molecule has 0 spiro atoms. The number of imide groups is 1. The fraction of sp³-hybridized carbons (Fsp3) is 0.263. The molecule has 6 nitrogen and oxygen atoms in total. The molecule has 0 saturated carbocycles. The van der Waals surface area contributed by atoms with Crippen molar-refractivity contribution in [1.82, 2.24) is 10.2 Å². The number of halogens is 3. The number of nitrogens with zero attached hydrogens (tertiary/aromatic N) is 1. The third-order valence-electron chi connectivity index (χ3n) is 4.73. The Balaban J connectivity index is 1.87. The average molecular weight is 426 g/mol. The van der Waals surface area contributed by atoms with Crippen LogP contribution in [0.25, 0.3) is 0 Å². The van der Waals surface area contributed by atoms with E-state index in [1.165, 1.54) is 43.3 Å². The molecule has 2 aromatic carbocycles. The Labute approximate surface area is 165 Å². The predicted octanol–water partition coefficient (Wildman–Crippen LogP) is 2.95. The zero-order valence-corrected chi connectivity index (χ0v) is 16.0. The summed E-state index contributed by atoms with van der Waals surface area (Å²) < 4.78 is 64.9. The number of carbonyl (C=O) groups excluding carboxylic acids is 2. The maximum atomic E-state index is 13.4. The van der Waals surface area contributed by atoms with E-state index in [9.17, 15) is 31.2 Å². The van der Waals surface area contributed by atoms with E-state index < -0.39 is 56.9 Å². The van der Waals surface area contributed by atoms with E-state index in [4.69, 9.17) is 0 Å². The van der Waals surface area contributed by atoms with Gasteiger partial charge in [-0.3, -0.25) is 9.69 Å². The van der Waals surface area contributed by atoms with Gasteiger partial charge in [-0.25, -0.2) is 13.2 Å². The van der Waals surface area contributed by atoms with Crippen LogP contribution in [0.5, 0.6) is 0 Å². The van der Waals surface area contributed by atoms with Crippen molar-refractivity contribution < 1.29 is 31.2 Å². The van der Waals surface area contributed by atoms with Crippen molar-refractivity contribution in [3.63, 3.8) is 0 Å². The fourth-order valence-corrected chi connectivity index (χ4v) is 4.44. The molecule has 0 bridgehead atoms. The molecule has 1 atom stereocenters. The molecule has 0 aliphatic carbocycles. The van der Waals surface area contributed by atoms with Crippen LogP contribution in [0.2, 0.25) is 0 Å². The number of nitrogens with one attached hydrogen (secondary N) is 1. The summed E-state index contributed by atoms with van der Waals surface area (Å²) in [5.41, 5.74) is -3.41. The highest BCUT2D eigenvalue weighted by Gasteiger charge is 2.52. The molecule has 29 heavy (non-hydrogen) atoms. The van der Waals surface area contributed by atoms with E-state index in [2.05, 4.69) is 5.32 Å². The Hall–Kier alpha value is -2.88. The van der Waals surface area contributed by atoms with E-state index in [0.717, 1.165) is 12.1 Å². The monoisotopic (exact) mass is 426 g/mol. The maximum Gasteiger partial charge on any atom is 0.416 e. The van der Waals surface area contributed by atoms with Gasteiger partial charge in [0.25, 0.3) is 5.91 Å². The zero-order chi connectivity index (χ0) is 21.4. The van der Waals surface area contributed by atoms with E-state index in [1.54, 1.807) is 6.07 Å². The fourth-order valence-electron chi connectivity index (χ4n) is 3.21. The molecule has 0 aromatic heterocycles. The molecule has 1 N–H and O–H groups in total. The summed E-state index contributed by atoms with van der Waals surface area (Å²) in [6.45, 7) is 0.690. The van der Waals surface area contributed by atoms with Gasteiger partial charge in [-0.15, -0.1) is 0 Å². The summed E-state index contributed by atoms with van der Waals surface area (Å²) in [7, 11) is -3.78. The highest BCUT2D eigenvalue weighted by atomic mass is 32.2. The molecule has 0 radical (unpaired) electrons. The molecule has 1 aliphatic rings. The van der Waals surface area contributed by atoms with Gasteiger partial charge in [-0.1, -0.05) is 36.4 Å². The molecular weight excluding hydrogens is 409 g/mol. The Kier molecular flexibility index (Phi) is 5.16. The first-order chi connectivity index (χ1) is 13.5. The molecule has 10 heteroatoms. The molecule has 0 unspecified atom stereocenters. The number of hydrogen-bond acceptors (Lipinski definition) is 4. The lowest BCUT2D eigenvalue weighted by molar-refractivity contribution is -0.140. The van der Waals surface area contributed by atoms with Crippen molar-refractivity contribution in [3.05, 3.63) is 65.7 Å². The first-order valence-electron chi connectivity index (χ1n) is 8.55. The van der Waals surface area contributed by atoms with Crippen LogP contribution < -0.4 is 5.32 Å². The van der Waals surface area contributed by atoms with Crippen LogP contribution in [0.15, 0.2) is 59.5 Å². The smallest absolute Gasteiger partial charge is 0.319 e. The van der Waals surface area contributed by atoms with Gasteiger partial charge >= 0.3 is 12.2 Å². The minimum atomic E-state index is -4.73. The zero-order valence-electron chi connectivity index (χ0n) is 15.2. The van der Waals surface area contributed by atoms with Crippen molar-refractivity contribution >= 4 is 21.8 Å². The lowest BCUT2D eigenvalue weighted by Crippen LogP contribution is -2.42. The number of benzene rings is 2. The maximum absolute atomic E-state index is 13.4. The van der Waals surface area contributed by atoms with Crippen LogP contribution in [-0.2, 0) is 26.3 Å². The quantitative estimate of drug-likeness (QED) is 0.746. The lowest BCUT2D eigenvalue weighted by Gasteiger charge is -2.25. The van der Waals surface area contributed by atoms with Crippen LogP contribution in [0.3, 0.4) is 0 Å². The number of carbonyl (C=O) groups is 2. The number of hydrogen-bond donors (Lipinski definition) is 1. The third kappa shape index (κ3) is 3.84. The molecule has 154 valence electrons. The molecular formula is C19H17F3N2O4S. The normalized spacial score (nSPS) is 20.1. The van der Waals surface area contributed by atoms with E-state index >= 15 is 0 Å². The summed E-state index contributed by atoms with van der Waals surface area (Å²) in [4.78, 5) is 25.8. The van der Waals surface area contributed by atoms with Gasteiger partial charge in [0, 0.05) is 6.54 Å². The van der Waals surface area contributed by atoms with Gasteiger partial charge in [0.15, 0.2) is 9.84 Å². The average Bonchev–Trinajstić information content (AvgIpc) is 2.89. The van der Waals surface area contributed by atoms with Crippen molar-refractivity contribution in [2.24, 2.45) is 0 Å². The van der Waals surface area contributed by atoms with Gasteiger partial charge in [0.1, 0.15) is 5.54 Å². The third-order valence-corrected chi connectivity index (χ3v) is 6.44. The van der Waals surface area contributed by atoms with Gasteiger partial charge in [-0.2, -0.15) is 13.2 Å². The molecule has 3 rings (SSSR count). The standard InChI is InChI=1S/C19H17F3N2O4S/c1-18(14-9-5-6-10-15(14)19(20,21)22)16(25)24(17(26)23-18)11-12-29(27,28)13-7-3-2-4-8-13/h2-10H,11-12H2,1H3,(H,23,26)/t18-/m1/s1. The topological polar surface area (TPSA) is 83.6 Å². The SMILES string of the molecule is C[C@]1(c2ccccc2C(F)(F)F)NC(=O)N(CCS(=O)(=O)c2ccccc2)C1=O. The number of alkyl halides is 3. The summed E-state index contributed by atoms with van der Waals surface area (Å²) in [5, 5.41) is 2.28. The number of urea groups is 1. The van der Waals surface area contributed by atoms with E-state index in [0.29, 0.717) is 4.90 Å². The highest BCUT2D eigenvalue weighted by molar-refractivity contribution is 7.91. The first kappa shape index (κ1) is 20.8. The number of rotatable bonds is 5. The summed E-state index contributed by atoms with van der Waals surface area (Å²) in [6, 6.07) is 11.0. The summed E-state index contributed by atoms with van der Waals surface area (Å²) in [5.74, 6) is -1.49. The summed E-state index contributed by atoms with van der Waals surface area (Å²) in [6.07, 6.45) is -4.73. The van der Waals surface area contributed by atoms with Crippen LogP contribution in [-0.4, -0.2) is 37.6 Å². The number of amides is 3. The second-order valence-corrected chi connectivity index (χ2v) is 8.80. The van der Waals surface area contributed by atoms with Gasteiger partial charge in [-0.05, 0) is 30.7 Å².